The van der Waals surface area contributed by atoms with E-state index in [0.717, 1.165) is 32.5 Å². The first-order chi connectivity index (χ1) is 16.4. The summed E-state index contributed by atoms with van der Waals surface area (Å²) in [4.78, 5) is 2.23. The van der Waals surface area contributed by atoms with Gasteiger partial charge in [0.15, 0.2) is 0 Å². The molecule has 6 heteroatoms. The molecule has 0 radical (unpaired) electrons. The van der Waals surface area contributed by atoms with Crippen molar-refractivity contribution in [2.24, 2.45) is 0 Å². The minimum atomic E-state index is -0.556. The Morgan fingerprint density at radius 2 is 0.941 bits per heavy atom. The Kier molecular flexibility index (Phi) is 10.4. The van der Waals surface area contributed by atoms with Crippen LogP contribution in [0.1, 0.15) is 22.3 Å². The first kappa shape index (κ1) is 26.7. The summed E-state index contributed by atoms with van der Waals surface area (Å²) >= 11 is 1.15. The molecule has 0 N–H and O–H groups in total. The average molecular weight is 541 g/mol. The van der Waals surface area contributed by atoms with E-state index in [0.29, 0.717) is 0 Å². The van der Waals surface area contributed by atoms with Gasteiger partial charge in [-0.2, -0.15) is 0 Å². The van der Waals surface area contributed by atoms with E-state index in [4.69, 9.17) is 29.2 Å². The first-order valence-electron chi connectivity index (χ1n) is 10.8. The van der Waals surface area contributed by atoms with Gasteiger partial charge in [0.1, 0.15) is 0 Å². The van der Waals surface area contributed by atoms with Crippen LogP contribution in [0.2, 0.25) is 0 Å². The summed E-state index contributed by atoms with van der Waals surface area (Å²) in [6.07, 6.45) is 0. The molecule has 4 aromatic carbocycles. The Labute approximate surface area is 224 Å². The molecular formula is C28H26Cl2N2STi-2. The number of para-hydroxylation sites is 2. The van der Waals surface area contributed by atoms with Crippen LogP contribution in [0.3, 0.4) is 0 Å². The Balaban J connectivity index is 0.00000103. The van der Waals surface area contributed by atoms with Crippen molar-refractivity contribution in [3.63, 3.8) is 0 Å². The molecule has 0 saturated carbocycles. The van der Waals surface area contributed by atoms with E-state index in [9.17, 15) is 0 Å². The third-order valence-corrected chi connectivity index (χ3v) is 6.27. The van der Waals surface area contributed by atoms with Crippen LogP contribution >= 0.6 is 30.4 Å². The number of benzene rings is 4. The van der Waals surface area contributed by atoms with Crippen molar-refractivity contribution in [1.82, 2.24) is 0 Å². The van der Waals surface area contributed by atoms with Crippen LogP contribution in [0.25, 0.3) is 10.6 Å². The molecule has 0 spiro atoms. The van der Waals surface area contributed by atoms with E-state index in [2.05, 4.69) is 100 Å². The molecule has 0 aliphatic carbocycles. The summed E-state index contributed by atoms with van der Waals surface area (Å²) < 4.78 is 0. The molecule has 0 fully saturated rings. The number of aryl methyl sites for hydroxylation is 4. The van der Waals surface area contributed by atoms with Gasteiger partial charge in [0.2, 0.25) is 0 Å². The van der Waals surface area contributed by atoms with E-state index in [-0.39, 0.29) is 0 Å². The predicted octanol–water partition coefficient (Wildman–Crippen LogP) is 11.1. The number of rotatable bonds is 6. The van der Waals surface area contributed by atoms with Gasteiger partial charge in [0.25, 0.3) is 0 Å². The first-order valence-corrected chi connectivity index (χ1v) is 15.9. The Bertz CT molecular complexity index is 1150. The van der Waals surface area contributed by atoms with Gasteiger partial charge in [-0.3, -0.25) is 0 Å². The normalized spacial score (nSPS) is 10.2. The summed E-state index contributed by atoms with van der Waals surface area (Å²) in [5, 5.41) is 9.93. The van der Waals surface area contributed by atoms with Crippen molar-refractivity contribution < 1.29 is 17.0 Å². The Hall–Kier alpha value is -1.88. The maximum absolute atomic E-state index is 4.96. The van der Waals surface area contributed by atoms with Crippen LogP contribution in [-0.4, -0.2) is 0 Å². The van der Waals surface area contributed by atoms with Crippen LogP contribution in [0.4, 0.5) is 22.7 Å². The molecule has 4 rings (SSSR count). The molecule has 0 aromatic heterocycles. The van der Waals surface area contributed by atoms with E-state index in [1.807, 2.05) is 12.1 Å². The van der Waals surface area contributed by atoms with Crippen molar-refractivity contribution in [3.8, 4) is 0 Å². The summed E-state index contributed by atoms with van der Waals surface area (Å²) in [6, 6.07) is 29.4. The fourth-order valence-corrected chi connectivity index (χ4v) is 4.48. The molecule has 0 heterocycles. The minimum absolute atomic E-state index is 0.556. The standard InChI is InChI=1S/C28H26N2S.2ClH.Ti/c1-19-13-15-23(21(3)17-19)29-25-9-5-7-11-27(25)31-28-12-8-6-10-26(28)30-24-16-14-20(2)18-22(24)4;;;/h5-18H,1-4H3;2*1H;/q-2;;;+2/p-2. The van der Waals surface area contributed by atoms with Crippen molar-refractivity contribution in [2.75, 3.05) is 0 Å². The number of nitrogens with zero attached hydrogens (tertiary/aromatic N) is 2. The van der Waals surface area contributed by atoms with E-state index >= 15 is 0 Å². The van der Waals surface area contributed by atoms with Gasteiger partial charge in [-0.05, 0) is 49.6 Å². The van der Waals surface area contributed by atoms with Crippen molar-refractivity contribution >= 4 is 53.1 Å². The Morgan fingerprint density at radius 3 is 1.32 bits per heavy atom. The van der Waals surface area contributed by atoms with Gasteiger partial charge in [-0.15, -0.1) is 22.7 Å². The summed E-state index contributed by atoms with van der Waals surface area (Å²) in [7, 11) is 9.78. The zero-order valence-corrected chi connectivity index (χ0v) is 23.5. The zero-order valence-electron chi connectivity index (χ0n) is 19.6. The van der Waals surface area contributed by atoms with Gasteiger partial charge >= 0.3 is 35.6 Å². The average Bonchev–Trinajstić information content (AvgIpc) is 2.80. The molecule has 0 unspecified atom stereocenters. The maximum atomic E-state index is 4.96. The van der Waals surface area contributed by atoms with Gasteiger partial charge in [0, 0.05) is 0 Å². The predicted molar refractivity (Wildman–Crippen MR) is 146 cm³/mol. The molecular weight excluding hydrogens is 515 g/mol. The van der Waals surface area contributed by atoms with E-state index in [1.165, 1.54) is 22.3 Å². The van der Waals surface area contributed by atoms with Crippen LogP contribution in [-0.2, 0) is 17.0 Å². The van der Waals surface area contributed by atoms with E-state index < -0.39 is 17.0 Å². The monoisotopic (exact) mass is 540 g/mol. The quantitative estimate of drug-likeness (QED) is 0.223. The fourth-order valence-electron chi connectivity index (χ4n) is 3.51. The van der Waals surface area contributed by atoms with Gasteiger partial charge < -0.3 is 10.6 Å². The molecule has 0 atom stereocenters. The second-order valence-corrected chi connectivity index (χ2v) is 11.6. The van der Waals surface area contributed by atoms with Crippen molar-refractivity contribution in [2.45, 2.75) is 37.5 Å². The van der Waals surface area contributed by atoms with Gasteiger partial charge in [-0.1, -0.05) is 107 Å². The second kappa shape index (κ2) is 13.3. The molecule has 174 valence electrons. The number of hydrogen-bond donors (Lipinski definition) is 0. The fraction of sp³-hybridized carbons (Fsp3) is 0.143. The van der Waals surface area contributed by atoms with Crippen LogP contribution in [0.5, 0.6) is 0 Å². The SMILES string of the molecule is Cc1ccc([N-]c2ccccc2Sc2ccccc2[N-]c2ccc(C)cc2C)c(C)c1.[Cl][Ti][Cl]. The van der Waals surface area contributed by atoms with Crippen LogP contribution in [0.15, 0.2) is 94.7 Å². The summed E-state index contributed by atoms with van der Waals surface area (Å²) in [5.74, 6) is 0. The molecule has 0 aliphatic rings. The van der Waals surface area contributed by atoms with Crippen LogP contribution in [0, 0.1) is 27.7 Å². The number of hydrogen-bond acceptors (Lipinski definition) is 1. The van der Waals surface area contributed by atoms with Crippen molar-refractivity contribution in [3.05, 3.63) is 118 Å². The number of halogens is 2. The molecule has 4 aromatic rings. The molecule has 0 aliphatic heterocycles. The summed E-state index contributed by atoms with van der Waals surface area (Å²) in [5.41, 5.74) is 8.83. The zero-order chi connectivity index (χ0) is 24.5. The second-order valence-electron chi connectivity index (χ2n) is 7.91. The van der Waals surface area contributed by atoms with Crippen LogP contribution < -0.4 is 0 Å². The molecule has 2 nitrogen and oxygen atoms in total. The molecule has 34 heavy (non-hydrogen) atoms. The van der Waals surface area contributed by atoms with Gasteiger partial charge in [0.05, 0.1) is 0 Å². The summed E-state index contributed by atoms with van der Waals surface area (Å²) in [6.45, 7) is 8.44. The van der Waals surface area contributed by atoms with Gasteiger partial charge in [-0.25, -0.2) is 0 Å². The van der Waals surface area contributed by atoms with Crippen molar-refractivity contribution in [1.29, 1.82) is 0 Å². The van der Waals surface area contributed by atoms with E-state index in [1.54, 1.807) is 11.8 Å². The Morgan fingerprint density at radius 1 is 0.559 bits per heavy atom. The molecule has 0 bridgehead atoms. The third kappa shape index (κ3) is 7.56. The molecule has 0 saturated heterocycles. The topological polar surface area (TPSA) is 28.2 Å². The third-order valence-electron chi connectivity index (χ3n) is 5.14. The molecule has 0 amide bonds.